The molecule has 1 aliphatic rings. The van der Waals surface area contributed by atoms with Gasteiger partial charge in [0.05, 0.1) is 12.5 Å². The lowest BCUT2D eigenvalue weighted by atomic mass is 10.1. The first-order valence-electron chi connectivity index (χ1n) is 7.43. The minimum Gasteiger partial charge on any atom is -0.399 e. The van der Waals surface area contributed by atoms with E-state index in [1.165, 1.54) is 6.42 Å². The first kappa shape index (κ1) is 14.9. The van der Waals surface area contributed by atoms with Crippen LogP contribution < -0.4 is 5.73 Å². The van der Waals surface area contributed by atoms with Crippen LogP contribution in [0.5, 0.6) is 0 Å². The number of nitrogens with two attached hydrogens (primary N) is 1. The van der Waals surface area contributed by atoms with E-state index < -0.39 is 0 Å². The number of anilines is 1. The van der Waals surface area contributed by atoms with Crippen molar-refractivity contribution in [3.8, 4) is 0 Å². The number of carbonyl (C=O) groups excluding carboxylic acids is 1. The predicted molar refractivity (Wildman–Crippen MR) is 80.2 cm³/mol. The Hall–Kier alpha value is -1.55. The summed E-state index contributed by atoms with van der Waals surface area (Å²) in [5.41, 5.74) is 7.54. The van der Waals surface area contributed by atoms with Crippen molar-refractivity contribution < 1.29 is 9.53 Å². The topological polar surface area (TPSA) is 55.6 Å². The van der Waals surface area contributed by atoms with Gasteiger partial charge in [-0.25, -0.2) is 0 Å². The van der Waals surface area contributed by atoms with Gasteiger partial charge in [-0.2, -0.15) is 0 Å². The molecule has 0 spiro atoms. The average molecular weight is 276 g/mol. The summed E-state index contributed by atoms with van der Waals surface area (Å²) in [6, 6.07) is 7.69. The van der Waals surface area contributed by atoms with Gasteiger partial charge < -0.3 is 15.4 Å². The molecular weight excluding hydrogens is 252 g/mol. The molecular formula is C16H24N2O2. The number of hydrogen-bond acceptors (Lipinski definition) is 3. The largest absolute Gasteiger partial charge is 0.399 e. The number of rotatable bonds is 5. The van der Waals surface area contributed by atoms with Gasteiger partial charge in [-0.1, -0.05) is 12.1 Å². The molecule has 1 atom stereocenters. The van der Waals surface area contributed by atoms with Crippen LogP contribution in [0.3, 0.4) is 0 Å². The van der Waals surface area contributed by atoms with Crippen LogP contribution in [0.1, 0.15) is 38.2 Å². The molecule has 2 rings (SSSR count). The third kappa shape index (κ3) is 4.23. The van der Waals surface area contributed by atoms with Crippen LogP contribution in [0.2, 0.25) is 0 Å². The van der Waals surface area contributed by atoms with Crippen LogP contribution in [0.15, 0.2) is 24.3 Å². The zero-order valence-electron chi connectivity index (χ0n) is 12.2. The van der Waals surface area contributed by atoms with Crippen molar-refractivity contribution in [3.63, 3.8) is 0 Å². The van der Waals surface area contributed by atoms with Gasteiger partial charge in [-0.05, 0) is 43.9 Å². The molecule has 1 fully saturated rings. The van der Waals surface area contributed by atoms with E-state index >= 15 is 0 Å². The second-order valence-corrected chi connectivity index (χ2v) is 5.34. The van der Waals surface area contributed by atoms with Crippen molar-refractivity contribution in [1.82, 2.24) is 4.90 Å². The molecule has 1 aromatic rings. The highest BCUT2D eigenvalue weighted by atomic mass is 16.5. The highest BCUT2D eigenvalue weighted by molar-refractivity contribution is 5.76. The summed E-state index contributed by atoms with van der Waals surface area (Å²) in [6.45, 7) is 4.16. The maximum absolute atomic E-state index is 12.3. The lowest BCUT2D eigenvalue weighted by Gasteiger charge is -2.26. The van der Waals surface area contributed by atoms with E-state index in [0.717, 1.165) is 37.2 Å². The first-order chi connectivity index (χ1) is 9.69. The van der Waals surface area contributed by atoms with E-state index in [1.807, 2.05) is 36.1 Å². The molecule has 1 aromatic carbocycles. The fourth-order valence-corrected chi connectivity index (χ4v) is 2.51. The van der Waals surface area contributed by atoms with Gasteiger partial charge in [0, 0.05) is 25.4 Å². The smallest absolute Gasteiger partial charge is 0.225 e. The van der Waals surface area contributed by atoms with E-state index in [2.05, 4.69) is 0 Å². The van der Waals surface area contributed by atoms with Crippen LogP contribution in [-0.2, 0) is 16.1 Å². The Labute approximate surface area is 120 Å². The van der Waals surface area contributed by atoms with E-state index in [-0.39, 0.29) is 12.0 Å². The van der Waals surface area contributed by atoms with E-state index in [9.17, 15) is 4.79 Å². The summed E-state index contributed by atoms with van der Waals surface area (Å²) in [4.78, 5) is 14.2. The number of hydrogen-bond donors (Lipinski definition) is 1. The molecule has 1 saturated heterocycles. The van der Waals surface area contributed by atoms with Gasteiger partial charge >= 0.3 is 0 Å². The number of benzene rings is 1. The maximum atomic E-state index is 12.3. The van der Waals surface area contributed by atoms with Crippen LogP contribution in [0, 0.1) is 0 Å². The SMILES string of the molecule is CCN(Cc1ccc(N)cc1)C(=O)CC1CCCCO1. The average Bonchev–Trinajstić information content (AvgIpc) is 2.47. The maximum Gasteiger partial charge on any atom is 0.225 e. The second kappa shape index (κ2) is 7.29. The zero-order chi connectivity index (χ0) is 14.4. The summed E-state index contributed by atoms with van der Waals surface area (Å²) in [6.07, 6.45) is 3.90. The fourth-order valence-electron chi connectivity index (χ4n) is 2.51. The molecule has 4 nitrogen and oxygen atoms in total. The Kier molecular flexibility index (Phi) is 5.41. The molecule has 1 heterocycles. The summed E-state index contributed by atoms with van der Waals surface area (Å²) in [5.74, 6) is 0.177. The van der Waals surface area contributed by atoms with Crippen LogP contribution >= 0.6 is 0 Å². The molecule has 0 saturated carbocycles. The number of nitrogen functional groups attached to an aromatic ring is 1. The van der Waals surface area contributed by atoms with Crippen LogP contribution in [0.4, 0.5) is 5.69 Å². The summed E-state index contributed by atoms with van der Waals surface area (Å²) >= 11 is 0. The number of ether oxygens (including phenoxy) is 1. The van der Waals surface area contributed by atoms with Crippen molar-refractivity contribution in [1.29, 1.82) is 0 Å². The third-order valence-corrected chi connectivity index (χ3v) is 3.76. The molecule has 110 valence electrons. The third-order valence-electron chi connectivity index (χ3n) is 3.76. The second-order valence-electron chi connectivity index (χ2n) is 5.34. The molecule has 0 radical (unpaired) electrons. The number of carbonyl (C=O) groups is 1. The van der Waals surface area contributed by atoms with Gasteiger partial charge in [-0.15, -0.1) is 0 Å². The van der Waals surface area contributed by atoms with Crippen molar-refractivity contribution in [2.24, 2.45) is 0 Å². The van der Waals surface area contributed by atoms with Crippen molar-refractivity contribution in [2.45, 2.75) is 45.3 Å². The summed E-state index contributed by atoms with van der Waals surface area (Å²) < 4.78 is 5.65. The Morgan fingerprint density at radius 1 is 1.35 bits per heavy atom. The molecule has 1 aliphatic heterocycles. The first-order valence-corrected chi connectivity index (χ1v) is 7.43. The molecule has 2 N–H and O–H groups in total. The number of nitrogens with zero attached hydrogens (tertiary/aromatic N) is 1. The van der Waals surface area contributed by atoms with E-state index in [4.69, 9.17) is 10.5 Å². The van der Waals surface area contributed by atoms with Gasteiger partial charge in [-0.3, -0.25) is 4.79 Å². The van der Waals surface area contributed by atoms with Gasteiger partial charge in [0.25, 0.3) is 0 Å². The van der Waals surface area contributed by atoms with Crippen LogP contribution in [0.25, 0.3) is 0 Å². The Balaban J connectivity index is 1.89. The monoisotopic (exact) mass is 276 g/mol. The van der Waals surface area contributed by atoms with Gasteiger partial charge in [0.1, 0.15) is 0 Å². The minimum atomic E-state index is 0.108. The minimum absolute atomic E-state index is 0.108. The molecule has 20 heavy (non-hydrogen) atoms. The molecule has 0 bridgehead atoms. The lowest BCUT2D eigenvalue weighted by Crippen LogP contribution is -2.34. The molecule has 0 aliphatic carbocycles. The molecule has 0 aromatic heterocycles. The molecule has 1 unspecified atom stereocenters. The van der Waals surface area contributed by atoms with E-state index in [1.54, 1.807) is 0 Å². The lowest BCUT2D eigenvalue weighted by molar-refractivity contribution is -0.135. The highest BCUT2D eigenvalue weighted by Gasteiger charge is 2.21. The van der Waals surface area contributed by atoms with Gasteiger partial charge in [0.2, 0.25) is 5.91 Å². The molecule has 1 amide bonds. The zero-order valence-corrected chi connectivity index (χ0v) is 12.2. The van der Waals surface area contributed by atoms with Crippen LogP contribution in [-0.4, -0.2) is 30.1 Å². The van der Waals surface area contributed by atoms with Gasteiger partial charge in [0.15, 0.2) is 0 Å². The van der Waals surface area contributed by atoms with E-state index in [0.29, 0.717) is 13.0 Å². The Morgan fingerprint density at radius 2 is 2.10 bits per heavy atom. The van der Waals surface area contributed by atoms with Crippen molar-refractivity contribution in [3.05, 3.63) is 29.8 Å². The van der Waals surface area contributed by atoms with Crippen molar-refractivity contribution >= 4 is 11.6 Å². The normalized spacial score (nSPS) is 18.8. The fraction of sp³-hybridized carbons (Fsp3) is 0.562. The standard InChI is InChI=1S/C16H24N2O2/c1-2-18(12-13-6-8-14(17)9-7-13)16(19)11-15-5-3-4-10-20-15/h6-9,15H,2-5,10-12,17H2,1H3. The number of amides is 1. The molecule has 4 heteroatoms. The quantitative estimate of drug-likeness (QED) is 0.841. The summed E-state index contributed by atoms with van der Waals surface area (Å²) in [5, 5.41) is 0. The predicted octanol–water partition coefficient (Wildman–Crippen LogP) is 2.58. The Morgan fingerprint density at radius 3 is 2.70 bits per heavy atom. The Bertz CT molecular complexity index is 425. The summed E-state index contributed by atoms with van der Waals surface area (Å²) in [7, 11) is 0. The highest BCUT2D eigenvalue weighted by Crippen LogP contribution is 2.17. The van der Waals surface area contributed by atoms with Crippen molar-refractivity contribution in [2.75, 3.05) is 18.9 Å².